The van der Waals surface area contributed by atoms with Gasteiger partial charge in [-0.1, -0.05) is 40.2 Å². The molecule has 0 bridgehead atoms. The average molecular weight is 234 g/mol. The predicted molar refractivity (Wildman–Crippen MR) is 76.0 cm³/mol. The van der Waals surface area contributed by atoms with Gasteiger partial charge in [0.1, 0.15) is 0 Å². The lowest BCUT2D eigenvalue weighted by molar-refractivity contribution is 0.507. The molecule has 0 aromatic carbocycles. The summed E-state index contributed by atoms with van der Waals surface area (Å²) in [5, 5.41) is 0. The van der Waals surface area contributed by atoms with E-state index in [1.807, 2.05) is 33.9 Å². The molecule has 0 unspecified atom stereocenters. The van der Waals surface area contributed by atoms with Gasteiger partial charge in [0.2, 0.25) is 0 Å². The zero-order valence-corrected chi connectivity index (χ0v) is 12.5. The molecule has 0 saturated heterocycles. The quantitative estimate of drug-likeness (QED) is 0.711. The van der Waals surface area contributed by atoms with Gasteiger partial charge < -0.3 is 0 Å². The van der Waals surface area contributed by atoms with E-state index in [4.69, 9.17) is 0 Å². The molecule has 0 fully saturated rings. The van der Waals surface area contributed by atoms with Crippen LogP contribution in [-0.2, 0) is 0 Å². The highest BCUT2D eigenvalue weighted by Gasteiger charge is 2.13. The third-order valence-corrected chi connectivity index (χ3v) is 2.64. The first kappa shape index (κ1) is 15.8. The van der Waals surface area contributed by atoms with Crippen LogP contribution in [0.1, 0.15) is 58.6 Å². The first-order valence-corrected chi connectivity index (χ1v) is 6.30. The minimum atomic E-state index is 0.193. The summed E-state index contributed by atoms with van der Waals surface area (Å²) >= 11 is 0. The van der Waals surface area contributed by atoms with Crippen molar-refractivity contribution in [1.82, 2.24) is 9.97 Å². The molecule has 96 valence electrons. The maximum absolute atomic E-state index is 4.40. The molecule has 17 heavy (non-hydrogen) atoms. The third kappa shape index (κ3) is 5.12. The standard InChI is InChI=1S/C13H20N2.C2H6/c1-9(13(4,5)6)7-12-11(3)15-10(2)8-14-12;1-2/h7-8H,1-6H3;1-2H3/b9-7+;. The van der Waals surface area contributed by atoms with Crippen LogP contribution in [0.4, 0.5) is 0 Å². The van der Waals surface area contributed by atoms with E-state index >= 15 is 0 Å². The Kier molecular flexibility index (Phi) is 6.08. The van der Waals surface area contributed by atoms with E-state index in [9.17, 15) is 0 Å². The normalized spacial score (nSPS) is 11.9. The molecule has 2 heteroatoms. The molecule has 1 aromatic heterocycles. The van der Waals surface area contributed by atoms with Crippen molar-refractivity contribution in [2.75, 3.05) is 0 Å². The van der Waals surface area contributed by atoms with Crippen molar-refractivity contribution in [3.05, 3.63) is 28.9 Å². The number of hydrogen-bond acceptors (Lipinski definition) is 2. The van der Waals surface area contributed by atoms with E-state index in [0.717, 1.165) is 17.1 Å². The van der Waals surface area contributed by atoms with Crippen molar-refractivity contribution in [3.63, 3.8) is 0 Å². The van der Waals surface area contributed by atoms with Gasteiger partial charge in [-0.05, 0) is 32.3 Å². The number of hydrogen-bond donors (Lipinski definition) is 0. The van der Waals surface area contributed by atoms with Crippen molar-refractivity contribution < 1.29 is 0 Å². The van der Waals surface area contributed by atoms with Crippen LogP contribution in [0.5, 0.6) is 0 Å². The number of aromatic nitrogens is 2. The second-order valence-electron chi connectivity index (χ2n) is 5.06. The second-order valence-corrected chi connectivity index (χ2v) is 5.06. The first-order chi connectivity index (χ1) is 7.80. The van der Waals surface area contributed by atoms with Gasteiger partial charge in [-0.2, -0.15) is 0 Å². The van der Waals surface area contributed by atoms with Crippen LogP contribution >= 0.6 is 0 Å². The van der Waals surface area contributed by atoms with Crippen molar-refractivity contribution in [1.29, 1.82) is 0 Å². The van der Waals surface area contributed by atoms with E-state index in [0.29, 0.717) is 0 Å². The van der Waals surface area contributed by atoms with Crippen molar-refractivity contribution in [2.45, 2.75) is 55.4 Å². The van der Waals surface area contributed by atoms with Crippen LogP contribution in [0.15, 0.2) is 11.8 Å². The Hall–Kier alpha value is -1.18. The van der Waals surface area contributed by atoms with Crippen LogP contribution in [0.25, 0.3) is 6.08 Å². The molecular weight excluding hydrogens is 208 g/mol. The monoisotopic (exact) mass is 234 g/mol. The van der Waals surface area contributed by atoms with Gasteiger partial charge in [0.05, 0.1) is 17.1 Å². The predicted octanol–water partition coefficient (Wildman–Crippen LogP) is 4.57. The molecule has 0 saturated carbocycles. The van der Waals surface area contributed by atoms with Crippen LogP contribution in [0, 0.1) is 19.3 Å². The topological polar surface area (TPSA) is 25.8 Å². The Balaban J connectivity index is 0.00000121. The lowest BCUT2D eigenvalue weighted by atomic mass is 9.87. The molecule has 2 nitrogen and oxygen atoms in total. The van der Waals surface area contributed by atoms with Crippen LogP contribution in [0.2, 0.25) is 0 Å². The Bertz CT molecular complexity index is 384. The van der Waals surface area contributed by atoms with E-state index in [2.05, 4.69) is 43.7 Å². The maximum Gasteiger partial charge on any atom is 0.0842 e. The lowest BCUT2D eigenvalue weighted by Crippen LogP contribution is -2.06. The molecule has 0 aliphatic heterocycles. The number of rotatable bonds is 1. The Morgan fingerprint density at radius 3 is 2.12 bits per heavy atom. The molecule has 1 aromatic rings. The summed E-state index contributed by atoms with van der Waals surface area (Å²) in [4.78, 5) is 8.79. The van der Waals surface area contributed by atoms with Gasteiger partial charge in [0.15, 0.2) is 0 Å². The SMILES string of the molecule is C/C(=C\c1ncc(C)nc1C)C(C)(C)C.CC. The fraction of sp³-hybridized carbons (Fsp3) is 0.600. The van der Waals surface area contributed by atoms with E-state index in [-0.39, 0.29) is 5.41 Å². The summed E-state index contributed by atoms with van der Waals surface area (Å²) in [6, 6.07) is 0. The van der Waals surface area contributed by atoms with E-state index < -0.39 is 0 Å². The Labute approximate surface area is 106 Å². The zero-order chi connectivity index (χ0) is 13.6. The number of allylic oxidation sites excluding steroid dienone is 1. The highest BCUT2D eigenvalue weighted by atomic mass is 14.8. The summed E-state index contributed by atoms with van der Waals surface area (Å²) in [5.74, 6) is 0. The largest absolute Gasteiger partial charge is 0.255 e. The van der Waals surface area contributed by atoms with E-state index in [1.54, 1.807) is 0 Å². The number of aryl methyl sites for hydroxylation is 2. The molecule has 0 aliphatic rings. The molecule has 0 radical (unpaired) electrons. The molecule has 1 heterocycles. The molecular formula is C15H26N2. The Morgan fingerprint density at radius 2 is 1.71 bits per heavy atom. The van der Waals surface area contributed by atoms with E-state index in [1.165, 1.54) is 5.57 Å². The highest BCUT2D eigenvalue weighted by Crippen LogP contribution is 2.26. The summed E-state index contributed by atoms with van der Waals surface area (Å²) in [6.45, 7) is 16.7. The molecule has 0 spiro atoms. The van der Waals surface area contributed by atoms with Crippen molar-refractivity contribution in [3.8, 4) is 0 Å². The fourth-order valence-electron chi connectivity index (χ4n) is 1.17. The summed E-state index contributed by atoms with van der Waals surface area (Å²) in [5.41, 5.74) is 4.47. The van der Waals surface area contributed by atoms with Crippen molar-refractivity contribution >= 4 is 6.08 Å². The second kappa shape index (κ2) is 6.53. The average Bonchev–Trinajstić information content (AvgIpc) is 2.23. The smallest absolute Gasteiger partial charge is 0.0842 e. The molecule has 0 atom stereocenters. The van der Waals surface area contributed by atoms with Crippen LogP contribution in [-0.4, -0.2) is 9.97 Å². The third-order valence-electron chi connectivity index (χ3n) is 2.64. The molecule has 1 rings (SSSR count). The number of nitrogens with zero attached hydrogens (tertiary/aromatic N) is 2. The summed E-state index contributed by atoms with van der Waals surface area (Å²) in [7, 11) is 0. The minimum absolute atomic E-state index is 0.193. The summed E-state index contributed by atoms with van der Waals surface area (Å²) < 4.78 is 0. The zero-order valence-electron chi connectivity index (χ0n) is 12.5. The molecule has 0 N–H and O–H groups in total. The molecule has 0 aliphatic carbocycles. The first-order valence-electron chi connectivity index (χ1n) is 6.30. The fourth-order valence-corrected chi connectivity index (χ4v) is 1.17. The van der Waals surface area contributed by atoms with Gasteiger partial charge in [0, 0.05) is 6.20 Å². The molecule has 0 amide bonds. The van der Waals surface area contributed by atoms with Crippen molar-refractivity contribution in [2.24, 2.45) is 5.41 Å². The maximum atomic E-state index is 4.40. The lowest BCUT2D eigenvalue weighted by Gasteiger charge is -2.19. The van der Waals surface area contributed by atoms with Crippen LogP contribution < -0.4 is 0 Å². The van der Waals surface area contributed by atoms with Gasteiger partial charge in [-0.15, -0.1) is 0 Å². The van der Waals surface area contributed by atoms with Gasteiger partial charge >= 0.3 is 0 Å². The van der Waals surface area contributed by atoms with Gasteiger partial charge in [0.25, 0.3) is 0 Å². The minimum Gasteiger partial charge on any atom is -0.255 e. The van der Waals surface area contributed by atoms with Gasteiger partial charge in [-0.25, -0.2) is 0 Å². The summed E-state index contributed by atoms with van der Waals surface area (Å²) in [6.07, 6.45) is 3.94. The van der Waals surface area contributed by atoms with Gasteiger partial charge in [-0.3, -0.25) is 9.97 Å². The Morgan fingerprint density at radius 1 is 1.18 bits per heavy atom. The highest BCUT2D eigenvalue weighted by molar-refractivity contribution is 5.51. The van der Waals surface area contributed by atoms with Crippen LogP contribution in [0.3, 0.4) is 0 Å².